The Morgan fingerprint density at radius 3 is 2.39 bits per heavy atom. The van der Waals surface area contributed by atoms with Crippen molar-refractivity contribution in [2.45, 2.75) is 32.8 Å². The fourth-order valence-electron chi connectivity index (χ4n) is 3.29. The molecule has 0 unspecified atom stereocenters. The van der Waals surface area contributed by atoms with Crippen molar-refractivity contribution in [3.8, 4) is 11.5 Å². The van der Waals surface area contributed by atoms with Crippen LogP contribution in [0.2, 0.25) is 10.0 Å². The summed E-state index contributed by atoms with van der Waals surface area (Å²) in [5, 5.41) is 1.12. The number of benzene rings is 3. The van der Waals surface area contributed by atoms with E-state index in [4.69, 9.17) is 32.7 Å². The molecule has 31 heavy (non-hydrogen) atoms. The molecule has 1 aliphatic heterocycles. The average Bonchev–Trinajstić information content (AvgIpc) is 3.02. The van der Waals surface area contributed by atoms with Gasteiger partial charge in [0.05, 0.1) is 5.56 Å². The number of hydrogen-bond acceptors (Lipinski definition) is 3. The largest absolute Gasteiger partial charge is 0.489 e. The first-order valence-corrected chi connectivity index (χ1v) is 10.7. The maximum atomic E-state index is 12.7. The Hall–Kier alpha value is -2.75. The van der Waals surface area contributed by atoms with Gasteiger partial charge >= 0.3 is 0 Å². The number of ketones is 1. The van der Waals surface area contributed by atoms with Crippen LogP contribution in [0.5, 0.6) is 11.5 Å². The van der Waals surface area contributed by atoms with Gasteiger partial charge in [-0.2, -0.15) is 0 Å². The fourth-order valence-corrected chi connectivity index (χ4v) is 3.75. The molecule has 0 saturated carbocycles. The van der Waals surface area contributed by atoms with E-state index in [9.17, 15) is 4.79 Å². The summed E-state index contributed by atoms with van der Waals surface area (Å²) in [4.78, 5) is 12.7. The van der Waals surface area contributed by atoms with E-state index in [1.54, 1.807) is 36.4 Å². The molecule has 0 N–H and O–H groups in total. The lowest BCUT2D eigenvalue weighted by Gasteiger charge is -2.18. The van der Waals surface area contributed by atoms with Gasteiger partial charge in [-0.25, -0.2) is 0 Å². The first-order valence-electron chi connectivity index (χ1n) is 9.96. The molecule has 5 heteroatoms. The van der Waals surface area contributed by atoms with Gasteiger partial charge in [-0.15, -0.1) is 0 Å². The zero-order valence-corrected chi connectivity index (χ0v) is 19.1. The van der Waals surface area contributed by atoms with Crippen LogP contribution in [0.1, 0.15) is 47.8 Å². The number of carbonyl (C=O) groups excluding carboxylic acids is 1. The molecule has 1 aliphatic rings. The fraction of sp³-hybridized carbons (Fsp3) is 0.192. The minimum atomic E-state index is -0.137. The molecule has 0 aliphatic carbocycles. The number of fused-ring (bicyclic) bond motifs is 1. The molecule has 4 rings (SSSR count). The lowest BCUT2D eigenvalue weighted by molar-refractivity contribution is 0.101. The van der Waals surface area contributed by atoms with E-state index in [1.807, 2.05) is 18.2 Å². The van der Waals surface area contributed by atoms with Gasteiger partial charge in [-0.05, 0) is 46.9 Å². The molecule has 0 fully saturated rings. The number of carbonyl (C=O) groups is 1. The number of Topliss-reactive ketones (excluding diaryl/α,β-unsaturated/α-hetero) is 1. The number of hydrogen-bond donors (Lipinski definition) is 0. The molecule has 3 nitrogen and oxygen atoms in total. The molecule has 0 aromatic heterocycles. The summed E-state index contributed by atoms with van der Waals surface area (Å²) >= 11 is 12.1. The minimum Gasteiger partial charge on any atom is -0.489 e. The van der Waals surface area contributed by atoms with Crippen molar-refractivity contribution in [1.82, 2.24) is 0 Å². The molecular weight excluding hydrogens is 431 g/mol. The predicted molar refractivity (Wildman–Crippen MR) is 125 cm³/mol. The van der Waals surface area contributed by atoms with Crippen LogP contribution < -0.4 is 9.47 Å². The van der Waals surface area contributed by atoms with Crippen LogP contribution in [0.15, 0.2) is 66.4 Å². The normalized spacial score (nSPS) is 14.5. The van der Waals surface area contributed by atoms with Crippen LogP contribution in [0, 0.1) is 0 Å². The summed E-state index contributed by atoms with van der Waals surface area (Å²) in [5.74, 6) is 1.24. The van der Waals surface area contributed by atoms with Crippen LogP contribution in [0.3, 0.4) is 0 Å². The summed E-state index contributed by atoms with van der Waals surface area (Å²) in [5.41, 5.74) is 3.57. The van der Waals surface area contributed by atoms with Gasteiger partial charge in [-0.1, -0.05) is 74.3 Å². The number of allylic oxidation sites excluding steroid dienone is 1. The van der Waals surface area contributed by atoms with E-state index >= 15 is 0 Å². The molecule has 0 saturated heterocycles. The lowest BCUT2D eigenvalue weighted by Crippen LogP contribution is -2.10. The maximum Gasteiger partial charge on any atom is 0.231 e. The molecule has 3 aromatic rings. The first kappa shape index (κ1) is 21.5. The highest BCUT2D eigenvalue weighted by molar-refractivity contribution is 6.35. The van der Waals surface area contributed by atoms with Crippen molar-refractivity contribution >= 4 is 35.1 Å². The summed E-state index contributed by atoms with van der Waals surface area (Å²) in [6, 6.07) is 18.6. The van der Waals surface area contributed by atoms with Crippen molar-refractivity contribution in [1.29, 1.82) is 0 Å². The SMILES string of the molecule is CC(C)(C)c1ccc(C=C2Oc3cc(OCc4ccc(Cl)cc4Cl)ccc3C2=O)cc1. The van der Waals surface area contributed by atoms with Gasteiger partial charge in [0.25, 0.3) is 0 Å². The van der Waals surface area contributed by atoms with Crippen LogP contribution in [-0.4, -0.2) is 5.78 Å². The molecule has 0 bridgehead atoms. The highest BCUT2D eigenvalue weighted by Gasteiger charge is 2.27. The smallest absolute Gasteiger partial charge is 0.231 e. The Morgan fingerprint density at radius 1 is 0.968 bits per heavy atom. The van der Waals surface area contributed by atoms with Crippen molar-refractivity contribution in [3.05, 3.63) is 98.7 Å². The van der Waals surface area contributed by atoms with Crippen LogP contribution >= 0.6 is 23.2 Å². The van der Waals surface area contributed by atoms with E-state index in [2.05, 4.69) is 32.9 Å². The van der Waals surface area contributed by atoms with E-state index in [0.29, 0.717) is 32.9 Å². The van der Waals surface area contributed by atoms with E-state index < -0.39 is 0 Å². The van der Waals surface area contributed by atoms with E-state index in [1.165, 1.54) is 5.56 Å². The highest BCUT2D eigenvalue weighted by Crippen LogP contribution is 2.35. The van der Waals surface area contributed by atoms with Crippen molar-refractivity contribution < 1.29 is 14.3 Å². The quantitative estimate of drug-likeness (QED) is 0.384. The third-order valence-electron chi connectivity index (χ3n) is 5.13. The van der Waals surface area contributed by atoms with Crippen molar-refractivity contribution in [3.63, 3.8) is 0 Å². The van der Waals surface area contributed by atoms with Crippen LogP contribution in [-0.2, 0) is 12.0 Å². The van der Waals surface area contributed by atoms with Gasteiger partial charge < -0.3 is 9.47 Å². The summed E-state index contributed by atoms with van der Waals surface area (Å²) in [6.07, 6.45) is 1.77. The topological polar surface area (TPSA) is 35.5 Å². The van der Waals surface area contributed by atoms with Gasteiger partial charge in [0, 0.05) is 21.7 Å². The van der Waals surface area contributed by atoms with Crippen molar-refractivity contribution in [2.24, 2.45) is 0 Å². The monoisotopic (exact) mass is 452 g/mol. The second kappa shape index (κ2) is 8.41. The molecule has 0 amide bonds. The summed E-state index contributed by atoms with van der Waals surface area (Å²) in [7, 11) is 0. The van der Waals surface area contributed by atoms with Crippen molar-refractivity contribution in [2.75, 3.05) is 0 Å². The Balaban J connectivity index is 1.49. The van der Waals surface area contributed by atoms with E-state index in [0.717, 1.165) is 11.1 Å². The zero-order valence-electron chi connectivity index (χ0n) is 17.5. The Labute approximate surface area is 192 Å². The average molecular weight is 453 g/mol. The van der Waals surface area contributed by atoms with Gasteiger partial charge in [0.15, 0.2) is 5.76 Å². The molecule has 0 atom stereocenters. The predicted octanol–water partition coefficient (Wildman–Crippen LogP) is 7.49. The molecule has 0 radical (unpaired) electrons. The summed E-state index contributed by atoms with van der Waals surface area (Å²) in [6.45, 7) is 6.79. The van der Waals surface area contributed by atoms with Crippen LogP contribution in [0.4, 0.5) is 0 Å². The van der Waals surface area contributed by atoms with Gasteiger partial charge in [0.2, 0.25) is 5.78 Å². The minimum absolute atomic E-state index is 0.0776. The first-order chi connectivity index (χ1) is 14.7. The Morgan fingerprint density at radius 2 is 1.71 bits per heavy atom. The lowest BCUT2D eigenvalue weighted by atomic mass is 9.86. The standard InChI is InChI=1S/C26H22Cl2O3/c1-26(2,3)18-7-4-16(5-8-18)12-24-25(29)21-11-10-20(14-23(21)31-24)30-15-17-6-9-19(27)13-22(17)28/h4-14H,15H2,1-3H3. The second-order valence-electron chi connectivity index (χ2n) is 8.49. The van der Waals surface area contributed by atoms with E-state index in [-0.39, 0.29) is 17.8 Å². The molecule has 1 heterocycles. The highest BCUT2D eigenvalue weighted by atomic mass is 35.5. The van der Waals surface area contributed by atoms with Crippen LogP contribution in [0.25, 0.3) is 6.08 Å². The Bertz CT molecular complexity index is 1170. The number of halogens is 2. The zero-order chi connectivity index (χ0) is 22.2. The number of rotatable bonds is 4. The summed E-state index contributed by atoms with van der Waals surface area (Å²) < 4.78 is 11.7. The third-order valence-corrected chi connectivity index (χ3v) is 5.71. The molecule has 158 valence electrons. The second-order valence-corrected chi connectivity index (χ2v) is 9.34. The molecular formula is C26H22Cl2O3. The maximum absolute atomic E-state index is 12.7. The molecule has 0 spiro atoms. The third kappa shape index (κ3) is 4.79. The van der Waals surface area contributed by atoms with Gasteiger partial charge in [-0.3, -0.25) is 4.79 Å². The molecule has 3 aromatic carbocycles. The van der Waals surface area contributed by atoms with Gasteiger partial charge in [0.1, 0.15) is 18.1 Å². The Kier molecular flexibility index (Phi) is 5.83. The number of ether oxygens (including phenoxy) is 2.